The Labute approximate surface area is 124 Å². The summed E-state index contributed by atoms with van der Waals surface area (Å²) in [7, 11) is 0. The minimum absolute atomic E-state index is 0.398. The van der Waals surface area contributed by atoms with Crippen LogP contribution in [0.2, 0.25) is 0 Å². The maximum absolute atomic E-state index is 5.40. The van der Waals surface area contributed by atoms with Crippen molar-refractivity contribution in [3.63, 3.8) is 0 Å². The first-order chi connectivity index (χ1) is 9.22. The summed E-state index contributed by atoms with van der Waals surface area (Å²) >= 11 is 3.71. The Bertz CT molecular complexity index is 405. The second-order valence-electron chi connectivity index (χ2n) is 4.99. The van der Waals surface area contributed by atoms with Crippen LogP contribution in [0.4, 0.5) is 5.69 Å². The van der Waals surface area contributed by atoms with Gasteiger partial charge >= 0.3 is 0 Å². The molecule has 0 amide bonds. The molecular weight excluding hydrogens is 304 g/mol. The third-order valence-corrected chi connectivity index (χ3v) is 4.16. The molecule has 1 saturated heterocycles. The molecule has 106 valence electrons. The molecule has 1 fully saturated rings. The highest BCUT2D eigenvalue weighted by Crippen LogP contribution is 2.29. The molecule has 19 heavy (non-hydrogen) atoms. The molecular formula is C15H23BrN2O. The van der Waals surface area contributed by atoms with Crippen LogP contribution >= 0.6 is 15.9 Å². The third kappa shape index (κ3) is 3.94. The van der Waals surface area contributed by atoms with Gasteiger partial charge in [-0.25, -0.2) is 0 Å². The zero-order valence-electron chi connectivity index (χ0n) is 11.8. The van der Waals surface area contributed by atoms with Gasteiger partial charge in [0, 0.05) is 23.6 Å². The number of rotatable bonds is 5. The Balaban J connectivity index is 2.07. The van der Waals surface area contributed by atoms with Crippen LogP contribution in [-0.4, -0.2) is 32.8 Å². The number of hydrogen-bond acceptors (Lipinski definition) is 3. The summed E-state index contributed by atoms with van der Waals surface area (Å²) in [6.45, 7) is 9.06. The minimum atomic E-state index is 0.398. The molecule has 0 aliphatic carbocycles. The highest BCUT2D eigenvalue weighted by atomic mass is 79.9. The van der Waals surface area contributed by atoms with Crippen molar-refractivity contribution in [2.45, 2.75) is 26.3 Å². The summed E-state index contributed by atoms with van der Waals surface area (Å²) in [5, 5.41) is 3.52. The molecule has 1 aliphatic heterocycles. The normalized spacial score (nSPS) is 17.5. The van der Waals surface area contributed by atoms with E-state index >= 15 is 0 Å². The molecule has 0 bridgehead atoms. The van der Waals surface area contributed by atoms with Crippen LogP contribution in [0.3, 0.4) is 0 Å². The van der Waals surface area contributed by atoms with Crippen LogP contribution in [0.1, 0.15) is 31.9 Å². The minimum Gasteiger partial charge on any atom is -0.378 e. The summed E-state index contributed by atoms with van der Waals surface area (Å²) in [5.74, 6) is 0. The van der Waals surface area contributed by atoms with Crippen LogP contribution in [0.5, 0.6) is 0 Å². The molecule has 1 aromatic rings. The van der Waals surface area contributed by atoms with E-state index in [-0.39, 0.29) is 0 Å². The number of morpholine rings is 1. The molecule has 1 heterocycles. The summed E-state index contributed by atoms with van der Waals surface area (Å²) in [6, 6.07) is 7.07. The first-order valence-electron chi connectivity index (χ1n) is 7.08. The number of nitrogens with one attached hydrogen (secondary N) is 1. The monoisotopic (exact) mass is 326 g/mol. The summed E-state index contributed by atoms with van der Waals surface area (Å²) in [4.78, 5) is 2.38. The van der Waals surface area contributed by atoms with Gasteiger partial charge in [-0.05, 0) is 53.5 Å². The highest BCUT2D eigenvalue weighted by molar-refractivity contribution is 9.10. The van der Waals surface area contributed by atoms with Gasteiger partial charge in [0.25, 0.3) is 0 Å². The number of hydrogen-bond donors (Lipinski definition) is 1. The van der Waals surface area contributed by atoms with Gasteiger partial charge in [0.15, 0.2) is 0 Å². The largest absolute Gasteiger partial charge is 0.378 e. The Morgan fingerprint density at radius 3 is 2.74 bits per heavy atom. The second kappa shape index (κ2) is 7.27. The number of benzene rings is 1. The van der Waals surface area contributed by atoms with E-state index < -0.39 is 0 Å². The summed E-state index contributed by atoms with van der Waals surface area (Å²) in [5.41, 5.74) is 2.60. The number of anilines is 1. The quantitative estimate of drug-likeness (QED) is 0.898. The molecule has 1 N–H and O–H groups in total. The standard InChI is InChI=1S/C15H23BrN2O/c1-3-6-17-12(2)13-4-5-15(14(16)11-13)18-7-9-19-10-8-18/h4-5,11-12,17H,3,6-10H2,1-2H3. The molecule has 2 rings (SSSR count). The molecule has 1 unspecified atom stereocenters. The highest BCUT2D eigenvalue weighted by Gasteiger charge is 2.15. The topological polar surface area (TPSA) is 24.5 Å². The van der Waals surface area contributed by atoms with Gasteiger partial charge < -0.3 is 15.0 Å². The van der Waals surface area contributed by atoms with Crippen molar-refractivity contribution in [1.82, 2.24) is 5.32 Å². The van der Waals surface area contributed by atoms with E-state index in [0.717, 1.165) is 39.3 Å². The number of halogens is 1. The van der Waals surface area contributed by atoms with Crippen molar-refractivity contribution in [2.24, 2.45) is 0 Å². The third-order valence-electron chi connectivity index (χ3n) is 3.52. The SMILES string of the molecule is CCCNC(C)c1ccc(N2CCOCC2)c(Br)c1. The Hall–Kier alpha value is -0.580. The fraction of sp³-hybridized carbons (Fsp3) is 0.600. The lowest BCUT2D eigenvalue weighted by Gasteiger charge is -2.30. The van der Waals surface area contributed by atoms with E-state index in [1.807, 2.05) is 0 Å². The average Bonchev–Trinajstić information content (AvgIpc) is 2.45. The lowest BCUT2D eigenvalue weighted by Crippen LogP contribution is -2.36. The second-order valence-corrected chi connectivity index (χ2v) is 5.84. The molecule has 3 nitrogen and oxygen atoms in total. The maximum Gasteiger partial charge on any atom is 0.0642 e. The van der Waals surface area contributed by atoms with Crippen LogP contribution in [-0.2, 0) is 4.74 Å². The van der Waals surface area contributed by atoms with E-state index in [2.05, 4.69) is 58.2 Å². The van der Waals surface area contributed by atoms with Gasteiger partial charge in [-0.15, -0.1) is 0 Å². The van der Waals surface area contributed by atoms with E-state index in [0.29, 0.717) is 6.04 Å². The first-order valence-corrected chi connectivity index (χ1v) is 7.87. The van der Waals surface area contributed by atoms with Gasteiger partial charge in [0.2, 0.25) is 0 Å². The molecule has 4 heteroatoms. The Morgan fingerprint density at radius 1 is 1.37 bits per heavy atom. The molecule has 1 aliphatic rings. The van der Waals surface area contributed by atoms with Crippen LogP contribution in [0.15, 0.2) is 22.7 Å². The van der Waals surface area contributed by atoms with Crippen molar-refractivity contribution < 1.29 is 4.74 Å². The Kier molecular flexibility index (Phi) is 5.67. The van der Waals surface area contributed by atoms with Crippen LogP contribution in [0, 0.1) is 0 Å². The average molecular weight is 327 g/mol. The van der Waals surface area contributed by atoms with Crippen molar-refractivity contribution >= 4 is 21.6 Å². The molecule has 0 aromatic heterocycles. The zero-order chi connectivity index (χ0) is 13.7. The van der Waals surface area contributed by atoms with Crippen molar-refractivity contribution in [3.05, 3.63) is 28.2 Å². The van der Waals surface area contributed by atoms with Crippen LogP contribution in [0.25, 0.3) is 0 Å². The molecule has 1 atom stereocenters. The molecule has 0 radical (unpaired) electrons. The van der Waals surface area contributed by atoms with Crippen molar-refractivity contribution in [2.75, 3.05) is 37.7 Å². The van der Waals surface area contributed by atoms with Gasteiger partial charge in [0.1, 0.15) is 0 Å². The smallest absolute Gasteiger partial charge is 0.0642 e. The van der Waals surface area contributed by atoms with Gasteiger partial charge in [-0.3, -0.25) is 0 Å². The lowest BCUT2D eigenvalue weighted by atomic mass is 10.1. The molecule has 0 spiro atoms. The first kappa shape index (κ1) is 14.8. The molecule has 0 saturated carbocycles. The van der Waals surface area contributed by atoms with Gasteiger partial charge in [-0.1, -0.05) is 13.0 Å². The Morgan fingerprint density at radius 2 is 2.11 bits per heavy atom. The summed E-state index contributed by atoms with van der Waals surface area (Å²) in [6.07, 6.45) is 1.16. The predicted octanol–water partition coefficient (Wildman–Crippen LogP) is 3.35. The van der Waals surface area contributed by atoms with Crippen LogP contribution < -0.4 is 10.2 Å². The fourth-order valence-corrected chi connectivity index (χ4v) is 2.98. The molecule has 1 aromatic carbocycles. The van der Waals surface area contributed by atoms with Gasteiger partial charge in [0.05, 0.1) is 18.9 Å². The van der Waals surface area contributed by atoms with E-state index in [1.54, 1.807) is 0 Å². The van der Waals surface area contributed by atoms with E-state index in [1.165, 1.54) is 15.7 Å². The maximum atomic E-state index is 5.40. The lowest BCUT2D eigenvalue weighted by molar-refractivity contribution is 0.122. The number of ether oxygens (including phenoxy) is 1. The van der Waals surface area contributed by atoms with E-state index in [4.69, 9.17) is 4.74 Å². The van der Waals surface area contributed by atoms with Crippen molar-refractivity contribution in [3.8, 4) is 0 Å². The predicted molar refractivity (Wildman–Crippen MR) is 83.9 cm³/mol. The summed E-state index contributed by atoms with van der Waals surface area (Å²) < 4.78 is 6.58. The van der Waals surface area contributed by atoms with Crippen molar-refractivity contribution in [1.29, 1.82) is 0 Å². The van der Waals surface area contributed by atoms with Gasteiger partial charge in [-0.2, -0.15) is 0 Å². The number of nitrogens with zero attached hydrogens (tertiary/aromatic N) is 1. The zero-order valence-corrected chi connectivity index (χ0v) is 13.4. The fourth-order valence-electron chi connectivity index (χ4n) is 2.33. The van der Waals surface area contributed by atoms with E-state index in [9.17, 15) is 0 Å².